The van der Waals surface area contributed by atoms with Gasteiger partial charge in [0.25, 0.3) is 0 Å². The molecule has 1 amide bonds. The standard InChI is InChI=1S/C14H22N2O/c1-11(2)10-14(17)16-9-3-4-12-5-7-13(15)8-6-12/h5-8,11H,3-4,9-10,15H2,1-2H3,(H,16,17). The Hall–Kier alpha value is -1.51. The number of amides is 1. The van der Waals surface area contributed by atoms with Crippen LogP contribution >= 0.6 is 0 Å². The summed E-state index contributed by atoms with van der Waals surface area (Å²) in [5.41, 5.74) is 7.66. The molecule has 3 heteroatoms. The molecule has 0 atom stereocenters. The number of benzene rings is 1. The van der Waals surface area contributed by atoms with Crippen LogP contribution in [-0.4, -0.2) is 12.5 Å². The first-order chi connectivity index (χ1) is 8.08. The average Bonchev–Trinajstić information content (AvgIpc) is 2.26. The molecule has 0 fully saturated rings. The van der Waals surface area contributed by atoms with Gasteiger partial charge in [0.05, 0.1) is 0 Å². The predicted molar refractivity (Wildman–Crippen MR) is 71.6 cm³/mol. The van der Waals surface area contributed by atoms with Gasteiger partial charge in [0.1, 0.15) is 0 Å². The monoisotopic (exact) mass is 234 g/mol. The van der Waals surface area contributed by atoms with Crippen LogP contribution in [0.15, 0.2) is 24.3 Å². The maximum absolute atomic E-state index is 11.4. The highest BCUT2D eigenvalue weighted by Gasteiger charge is 2.03. The quantitative estimate of drug-likeness (QED) is 0.586. The van der Waals surface area contributed by atoms with Crippen molar-refractivity contribution >= 4 is 11.6 Å². The number of nitrogens with two attached hydrogens (primary N) is 1. The molecule has 1 rings (SSSR count). The number of carbonyl (C=O) groups is 1. The largest absolute Gasteiger partial charge is 0.399 e. The second-order valence-electron chi connectivity index (χ2n) is 4.79. The third-order valence-electron chi connectivity index (χ3n) is 2.54. The lowest BCUT2D eigenvalue weighted by atomic mass is 10.1. The van der Waals surface area contributed by atoms with Crippen LogP contribution in [0.25, 0.3) is 0 Å². The molecule has 0 bridgehead atoms. The molecule has 0 spiro atoms. The van der Waals surface area contributed by atoms with Crippen molar-refractivity contribution in [1.29, 1.82) is 0 Å². The van der Waals surface area contributed by atoms with Gasteiger partial charge in [-0.15, -0.1) is 0 Å². The van der Waals surface area contributed by atoms with E-state index in [9.17, 15) is 4.79 Å². The predicted octanol–water partition coefficient (Wildman–Crippen LogP) is 2.36. The van der Waals surface area contributed by atoms with Gasteiger partial charge in [0, 0.05) is 18.7 Å². The van der Waals surface area contributed by atoms with Gasteiger partial charge in [0.15, 0.2) is 0 Å². The fourth-order valence-corrected chi connectivity index (χ4v) is 1.65. The van der Waals surface area contributed by atoms with Crippen LogP contribution in [0.2, 0.25) is 0 Å². The number of rotatable bonds is 6. The Bertz CT molecular complexity index is 344. The van der Waals surface area contributed by atoms with Crippen molar-refractivity contribution in [2.24, 2.45) is 5.92 Å². The summed E-state index contributed by atoms with van der Waals surface area (Å²) in [7, 11) is 0. The van der Waals surface area contributed by atoms with Crippen molar-refractivity contribution in [3.05, 3.63) is 29.8 Å². The first kappa shape index (κ1) is 13.6. The molecule has 0 aliphatic heterocycles. The SMILES string of the molecule is CC(C)CC(=O)NCCCc1ccc(N)cc1. The van der Waals surface area contributed by atoms with E-state index < -0.39 is 0 Å². The lowest BCUT2D eigenvalue weighted by molar-refractivity contribution is -0.121. The highest BCUT2D eigenvalue weighted by molar-refractivity contribution is 5.75. The molecule has 1 aromatic carbocycles. The Kier molecular flexibility index (Phi) is 5.53. The van der Waals surface area contributed by atoms with Crippen LogP contribution in [0.4, 0.5) is 5.69 Å². The summed E-state index contributed by atoms with van der Waals surface area (Å²) in [5.74, 6) is 0.574. The number of carbonyl (C=O) groups excluding carboxylic acids is 1. The van der Waals surface area contributed by atoms with E-state index >= 15 is 0 Å². The molecule has 0 unspecified atom stereocenters. The molecular weight excluding hydrogens is 212 g/mol. The third-order valence-corrected chi connectivity index (χ3v) is 2.54. The number of aryl methyl sites for hydroxylation is 1. The summed E-state index contributed by atoms with van der Waals surface area (Å²) in [6.07, 6.45) is 2.55. The minimum absolute atomic E-state index is 0.150. The van der Waals surface area contributed by atoms with Gasteiger partial charge in [-0.25, -0.2) is 0 Å². The Balaban J connectivity index is 2.16. The van der Waals surface area contributed by atoms with Gasteiger partial charge in [0.2, 0.25) is 5.91 Å². The number of nitrogens with one attached hydrogen (secondary N) is 1. The van der Waals surface area contributed by atoms with Gasteiger partial charge in [-0.1, -0.05) is 26.0 Å². The van der Waals surface area contributed by atoms with Crippen LogP contribution < -0.4 is 11.1 Å². The van der Waals surface area contributed by atoms with Gasteiger partial charge in [-0.3, -0.25) is 4.79 Å². The zero-order chi connectivity index (χ0) is 12.7. The summed E-state index contributed by atoms with van der Waals surface area (Å²) in [5, 5.41) is 2.93. The van der Waals surface area contributed by atoms with E-state index in [2.05, 4.69) is 5.32 Å². The van der Waals surface area contributed by atoms with E-state index in [1.807, 2.05) is 38.1 Å². The van der Waals surface area contributed by atoms with Crippen LogP contribution in [-0.2, 0) is 11.2 Å². The van der Waals surface area contributed by atoms with Crippen molar-refractivity contribution in [3.63, 3.8) is 0 Å². The van der Waals surface area contributed by atoms with E-state index in [0.717, 1.165) is 25.1 Å². The molecule has 0 saturated carbocycles. The van der Waals surface area contributed by atoms with E-state index in [0.29, 0.717) is 12.3 Å². The summed E-state index contributed by atoms with van der Waals surface area (Å²) < 4.78 is 0. The Morgan fingerprint density at radius 2 is 1.94 bits per heavy atom. The molecule has 94 valence electrons. The van der Waals surface area contributed by atoms with E-state index in [1.54, 1.807) is 0 Å². The van der Waals surface area contributed by atoms with Crippen LogP contribution in [0.3, 0.4) is 0 Å². The van der Waals surface area contributed by atoms with Gasteiger partial charge < -0.3 is 11.1 Å². The number of hydrogen-bond donors (Lipinski definition) is 2. The van der Waals surface area contributed by atoms with Crippen molar-refractivity contribution in [3.8, 4) is 0 Å². The second-order valence-corrected chi connectivity index (χ2v) is 4.79. The van der Waals surface area contributed by atoms with Crippen molar-refractivity contribution < 1.29 is 4.79 Å². The Morgan fingerprint density at radius 1 is 1.29 bits per heavy atom. The molecule has 0 aromatic heterocycles. The molecule has 0 saturated heterocycles. The summed E-state index contributed by atoms with van der Waals surface area (Å²) in [6, 6.07) is 7.88. The van der Waals surface area contributed by atoms with E-state index in [1.165, 1.54) is 5.56 Å². The Morgan fingerprint density at radius 3 is 2.53 bits per heavy atom. The normalized spacial score (nSPS) is 10.5. The highest BCUT2D eigenvalue weighted by Crippen LogP contribution is 2.07. The van der Waals surface area contributed by atoms with E-state index in [-0.39, 0.29) is 5.91 Å². The summed E-state index contributed by atoms with van der Waals surface area (Å²) in [4.78, 5) is 11.4. The van der Waals surface area contributed by atoms with Crippen LogP contribution in [0, 0.1) is 5.92 Å². The van der Waals surface area contributed by atoms with Gasteiger partial charge in [-0.05, 0) is 36.5 Å². The topological polar surface area (TPSA) is 55.1 Å². The number of nitrogen functional groups attached to an aromatic ring is 1. The maximum atomic E-state index is 11.4. The first-order valence-electron chi connectivity index (χ1n) is 6.19. The smallest absolute Gasteiger partial charge is 0.220 e. The summed E-state index contributed by atoms with van der Waals surface area (Å²) in [6.45, 7) is 4.85. The molecule has 0 aliphatic carbocycles. The minimum atomic E-state index is 0.150. The zero-order valence-electron chi connectivity index (χ0n) is 10.7. The Labute approximate surface area is 103 Å². The molecule has 0 radical (unpaired) electrons. The summed E-state index contributed by atoms with van der Waals surface area (Å²) >= 11 is 0. The van der Waals surface area contributed by atoms with Crippen molar-refractivity contribution in [1.82, 2.24) is 5.32 Å². The first-order valence-corrected chi connectivity index (χ1v) is 6.19. The van der Waals surface area contributed by atoms with Crippen LogP contribution in [0.1, 0.15) is 32.3 Å². The van der Waals surface area contributed by atoms with Crippen molar-refractivity contribution in [2.75, 3.05) is 12.3 Å². The minimum Gasteiger partial charge on any atom is -0.399 e. The highest BCUT2D eigenvalue weighted by atomic mass is 16.1. The average molecular weight is 234 g/mol. The molecule has 17 heavy (non-hydrogen) atoms. The maximum Gasteiger partial charge on any atom is 0.220 e. The number of anilines is 1. The van der Waals surface area contributed by atoms with E-state index in [4.69, 9.17) is 5.73 Å². The fourth-order valence-electron chi connectivity index (χ4n) is 1.65. The molecular formula is C14H22N2O. The van der Waals surface area contributed by atoms with Gasteiger partial charge in [-0.2, -0.15) is 0 Å². The molecule has 3 N–H and O–H groups in total. The molecule has 0 aliphatic rings. The molecule has 1 aromatic rings. The molecule has 0 heterocycles. The van der Waals surface area contributed by atoms with Crippen LogP contribution in [0.5, 0.6) is 0 Å². The van der Waals surface area contributed by atoms with Crippen molar-refractivity contribution in [2.45, 2.75) is 33.1 Å². The number of hydrogen-bond acceptors (Lipinski definition) is 2. The molecule has 3 nitrogen and oxygen atoms in total. The zero-order valence-corrected chi connectivity index (χ0v) is 10.7. The van der Waals surface area contributed by atoms with Gasteiger partial charge >= 0.3 is 0 Å². The second kappa shape index (κ2) is 6.94. The third kappa shape index (κ3) is 5.95. The fraction of sp³-hybridized carbons (Fsp3) is 0.500. The lowest BCUT2D eigenvalue weighted by Gasteiger charge is -2.07. The lowest BCUT2D eigenvalue weighted by Crippen LogP contribution is -2.25.